The Morgan fingerprint density at radius 2 is 1.62 bits per heavy atom. The summed E-state index contributed by atoms with van der Waals surface area (Å²) in [5, 5.41) is 16.3. The molecule has 0 aliphatic heterocycles. The Morgan fingerprint density at radius 3 is 1.69 bits per heavy atom. The Balaban J connectivity index is 0. The van der Waals surface area contributed by atoms with Gasteiger partial charge in [0.25, 0.3) is 0 Å². The number of hydrogen-bond acceptors (Lipinski definition) is 3. The van der Waals surface area contributed by atoms with Gasteiger partial charge in [0, 0.05) is 0 Å². The lowest BCUT2D eigenvalue weighted by Gasteiger charge is -2.10. The molecule has 1 unspecified atom stereocenters. The van der Waals surface area contributed by atoms with Crippen molar-refractivity contribution in [2.75, 3.05) is 0 Å². The Morgan fingerprint density at radius 1 is 1.23 bits per heavy atom. The molecule has 74 valence electrons. The van der Waals surface area contributed by atoms with Crippen LogP contribution in [0.3, 0.4) is 0 Å². The number of aliphatic carboxylic acids is 2. The van der Waals surface area contributed by atoms with E-state index in [1.165, 1.54) is 0 Å². The topological polar surface area (TPSA) is 132 Å². The van der Waals surface area contributed by atoms with Gasteiger partial charge >= 0.3 is 42.6 Å². The molecule has 9 heteroatoms. The van der Waals surface area contributed by atoms with Crippen LogP contribution in [-0.4, -0.2) is 60.7 Å². The average Bonchev–Trinajstić information content (AvgIpc) is 1.79. The zero-order valence-electron chi connectivity index (χ0n) is 5.75. The highest BCUT2D eigenvalue weighted by Gasteiger charge is 2.37. The van der Waals surface area contributed by atoms with Gasteiger partial charge in [0.05, 0.1) is 6.42 Å². The third-order valence-corrected chi connectivity index (χ3v) is 2.27. The van der Waals surface area contributed by atoms with Crippen LogP contribution in [0.25, 0.3) is 0 Å². The SMILES string of the molecule is O=C(O)CC(C(=O)O)P(=O)(O)O.[MgH2]. The predicted molar refractivity (Wildman–Crippen MR) is 44.3 cm³/mol. The van der Waals surface area contributed by atoms with E-state index < -0.39 is 31.6 Å². The number of hydrogen-bond donors (Lipinski definition) is 4. The molecule has 1 atom stereocenters. The number of rotatable bonds is 4. The van der Waals surface area contributed by atoms with Crippen molar-refractivity contribution in [2.24, 2.45) is 0 Å². The predicted octanol–water partition coefficient (Wildman–Crippen LogP) is -1.82. The third-order valence-electron chi connectivity index (χ3n) is 1.06. The molecule has 0 aliphatic carbocycles. The summed E-state index contributed by atoms with van der Waals surface area (Å²) in [5.74, 6) is -3.38. The van der Waals surface area contributed by atoms with Crippen molar-refractivity contribution in [3.8, 4) is 0 Å². The van der Waals surface area contributed by atoms with Crippen LogP contribution in [0.5, 0.6) is 0 Å². The van der Waals surface area contributed by atoms with Gasteiger partial charge in [0.15, 0.2) is 5.66 Å². The quantitative estimate of drug-likeness (QED) is 0.326. The van der Waals surface area contributed by atoms with Gasteiger partial charge in [-0.2, -0.15) is 0 Å². The summed E-state index contributed by atoms with van der Waals surface area (Å²) in [6, 6.07) is 0. The molecule has 0 aromatic carbocycles. The fraction of sp³-hybridized carbons (Fsp3) is 0.500. The maximum atomic E-state index is 10.4. The van der Waals surface area contributed by atoms with Gasteiger partial charge in [-0.05, 0) is 0 Å². The Hall–Kier alpha value is -0.144. The second-order valence-electron chi connectivity index (χ2n) is 2.04. The summed E-state index contributed by atoms with van der Waals surface area (Å²) in [5.41, 5.74) is -2.16. The Bertz CT molecular complexity index is 245. The molecule has 0 amide bonds. The normalized spacial score (nSPS) is 12.8. The van der Waals surface area contributed by atoms with Gasteiger partial charge < -0.3 is 20.0 Å². The molecule has 0 saturated carbocycles. The number of carboxylic acid groups (broad SMARTS) is 2. The average molecular weight is 224 g/mol. The molecule has 0 fully saturated rings. The lowest BCUT2D eigenvalue weighted by Crippen LogP contribution is -2.23. The van der Waals surface area contributed by atoms with Gasteiger partial charge in [-0.25, -0.2) is 0 Å². The first-order valence-electron chi connectivity index (χ1n) is 2.75. The highest BCUT2D eigenvalue weighted by atomic mass is 31.2. The van der Waals surface area contributed by atoms with Gasteiger partial charge in [0.2, 0.25) is 0 Å². The Kier molecular flexibility index (Phi) is 6.56. The van der Waals surface area contributed by atoms with Crippen molar-refractivity contribution in [2.45, 2.75) is 12.1 Å². The molecular formula is C4H9MgO7P. The molecule has 13 heavy (non-hydrogen) atoms. The molecule has 0 aromatic heterocycles. The summed E-state index contributed by atoms with van der Waals surface area (Å²) in [7, 11) is -4.87. The minimum atomic E-state index is -4.87. The minimum Gasteiger partial charge on any atom is -0.481 e. The van der Waals surface area contributed by atoms with Crippen LogP contribution in [-0.2, 0) is 14.2 Å². The van der Waals surface area contributed by atoms with E-state index in [4.69, 9.17) is 20.0 Å². The summed E-state index contributed by atoms with van der Waals surface area (Å²) in [6.45, 7) is 0. The first-order chi connectivity index (χ1) is 5.25. The van der Waals surface area contributed by atoms with Crippen LogP contribution in [0.15, 0.2) is 0 Å². The van der Waals surface area contributed by atoms with Crippen LogP contribution in [0.1, 0.15) is 6.42 Å². The van der Waals surface area contributed by atoms with Crippen LogP contribution in [0, 0.1) is 0 Å². The van der Waals surface area contributed by atoms with E-state index in [2.05, 4.69) is 0 Å². The molecule has 0 bridgehead atoms. The van der Waals surface area contributed by atoms with Crippen molar-refractivity contribution < 1.29 is 34.2 Å². The third kappa shape index (κ3) is 6.00. The largest absolute Gasteiger partial charge is 0.481 e. The first-order valence-corrected chi connectivity index (χ1v) is 4.43. The molecule has 0 rings (SSSR count). The van der Waals surface area contributed by atoms with E-state index in [-0.39, 0.29) is 23.1 Å². The Labute approximate surface area is 89.1 Å². The second kappa shape index (κ2) is 5.56. The summed E-state index contributed by atoms with van der Waals surface area (Å²) >= 11 is 0. The number of carboxylic acids is 2. The van der Waals surface area contributed by atoms with Crippen molar-refractivity contribution in [3.05, 3.63) is 0 Å². The summed E-state index contributed by atoms with van der Waals surface area (Å²) < 4.78 is 10.4. The van der Waals surface area contributed by atoms with E-state index in [0.29, 0.717) is 0 Å². The van der Waals surface area contributed by atoms with E-state index in [1.807, 2.05) is 0 Å². The van der Waals surface area contributed by atoms with Crippen LogP contribution in [0.4, 0.5) is 0 Å². The molecule has 4 N–H and O–H groups in total. The molecule has 0 aromatic rings. The maximum Gasteiger partial charge on any atom is 0.340 e. The molecule has 0 spiro atoms. The van der Waals surface area contributed by atoms with Gasteiger partial charge in [0.1, 0.15) is 0 Å². The van der Waals surface area contributed by atoms with Crippen molar-refractivity contribution in [1.29, 1.82) is 0 Å². The van der Waals surface area contributed by atoms with E-state index in [0.717, 1.165) is 0 Å². The van der Waals surface area contributed by atoms with Gasteiger partial charge in [-0.1, -0.05) is 0 Å². The van der Waals surface area contributed by atoms with Crippen molar-refractivity contribution >= 4 is 42.6 Å². The van der Waals surface area contributed by atoms with Gasteiger partial charge in [-0.15, -0.1) is 0 Å². The first kappa shape index (κ1) is 15.3. The van der Waals surface area contributed by atoms with Crippen molar-refractivity contribution in [3.63, 3.8) is 0 Å². The highest BCUT2D eigenvalue weighted by Crippen LogP contribution is 2.42. The lowest BCUT2D eigenvalue weighted by atomic mass is 10.3. The molecular weight excluding hydrogens is 215 g/mol. The van der Waals surface area contributed by atoms with E-state index in [1.54, 1.807) is 0 Å². The second-order valence-corrected chi connectivity index (χ2v) is 3.84. The summed E-state index contributed by atoms with van der Waals surface area (Å²) in [4.78, 5) is 36.8. The fourth-order valence-electron chi connectivity index (χ4n) is 0.515. The standard InChI is InChI=1S/C4H7O7P.Mg.2H/c5-3(6)1-2(4(7)8)12(9,10)11;;;/h2H,1H2,(H,5,6)(H,7,8)(H2,9,10,11);;;. The van der Waals surface area contributed by atoms with E-state index >= 15 is 0 Å². The molecule has 0 radical (unpaired) electrons. The number of carbonyl (C=O) groups is 2. The molecule has 0 aliphatic rings. The molecule has 0 heterocycles. The smallest absolute Gasteiger partial charge is 0.340 e. The van der Waals surface area contributed by atoms with E-state index in [9.17, 15) is 14.2 Å². The van der Waals surface area contributed by atoms with Crippen LogP contribution < -0.4 is 0 Å². The van der Waals surface area contributed by atoms with Crippen molar-refractivity contribution in [1.82, 2.24) is 0 Å². The van der Waals surface area contributed by atoms with Gasteiger partial charge in [-0.3, -0.25) is 14.2 Å². The molecule has 7 nitrogen and oxygen atoms in total. The van der Waals surface area contributed by atoms with Crippen LogP contribution >= 0.6 is 7.60 Å². The minimum absolute atomic E-state index is 0. The monoisotopic (exact) mass is 224 g/mol. The molecule has 0 saturated heterocycles. The maximum absolute atomic E-state index is 10.4. The zero-order valence-corrected chi connectivity index (χ0v) is 6.64. The zero-order chi connectivity index (χ0) is 9.94. The summed E-state index contributed by atoms with van der Waals surface area (Å²) in [6.07, 6.45) is -1.08. The van der Waals surface area contributed by atoms with Crippen LogP contribution in [0.2, 0.25) is 0 Å². The highest BCUT2D eigenvalue weighted by molar-refractivity contribution is 7.53. The fourth-order valence-corrected chi connectivity index (χ4v) is 1.20. The lowest BCUT2D eigenvalue weighted by molar-refractivity contribution is -0.143.